The van der Waals surface area contributed by atoms with Gasteiger partial charge in [0.05, 0.1) is 35.5 Å². The highest BCUT2D eigenvalue weighted by molar-refractivity contribution is 9.10. The van der Waals surface area contributed by atoms with Crippen LogP contribution in [0, 0.1) is 12.3 Å². The van der Waals surface area contributed by atoms with Gasteiger partial charge in [-0.05, 0) is 33.6 Å². The van der Waals surface area contributed by atoms with Gasteiger partial charge in [0, 0.05) is 13.1 Å². The number of hydrazone groups is 1. The summed E-state index contributed by atoms with van der Waals surface area (Å²) in [6, 6.07) is 3.45. The van der Waals surface area contributed by atoms with Gasteiger partial charge in [-0.2, -0.15) is 5.10 Å². The van der Waals surface area contributed by atoms with Gasteiger partial charge in [-0.3, -0.25) is 9.69 Å². The molecule has 0 bridgehead atoms. The van der Waals surface area contributed by atoms with Gasteiger partial charge in [0.15, 0.2) is 5.75 Å². The van der Waals surface area contributed by atoms with Gasteiger partial charge in [0.1, 0.15) is 6.61 Å². The first-order valence-electron chi connectivity index (χ1n) is 7.27. The van der Waals surface area contributed by atoms with Crippen molar-refractivity contribution in [3.8, 4) is 18.1 Å². The van der Waals surface area contributed by atoms with Gasteiger partial charge in [-0.25, -0.2) is 5.43 Å². The van der Waals surface area contributed by atoms with Crippen molar-refractivity contribution in [3.63, 3.8) is 0 Å². The summed E-state index contributed by atoms with van der Waals surface area (Å²) in [5.74, 6) is 2.68. The predicted molar refractivity (Wildman–Crippen MR) is 96.5 cm³/mol. The second-order valence-corrected chi connectivity index (χ2v) is 6.25. The third-order valence-electron chi connectivity index (χ3n) is 3.19. The number of hydrogen-bond acceptors (Lipinski definition) is 5. The summed E-state index contributed by atoms with van der Waals surface area (Å²) in [5.41, 5.74) is 3.21. The molecule has 6 nitrogen and oxygen atoms in total. The molecule has 0 aliphatic carbocycles. The monoisotopic (exact) mass is 413 g/mol. The molecule has 1 aromatic carbocycles. The maximum atomic E-state index is 11.8. The van der Waals surface area contributed by atoms with Gasteiger partial charge < -0.3 is 9.47 Å². The molecule has 0 saturated carbocycles. The van der Waals surface area contributed by atoms with Crippen LogP contribution < -0.4 is 10.2 Å². The van der Waals surface area contributed by atoms with Crippen LogP contribution >= 0.6 is 27.5 Å². The second-order valence-electron chi connectivity index (χ2n) is 4.99. The number of benzene rings is 1. The highest BCUT2D eigenvalue weighted by Gasteiger charge is 2.13. The molecule has 0 aromatic heterocycles. The topological polar surface area (TPSA) is 63.2 Å². The third-order valence-corrected chi connectivity index (χ3v) is 4.06. The summed E-state index contributed by atoms with van der Waals surface area (Å²) >= 11 is 9.52. The molecular weight excluding hydrogens is 398 g/mol. The molecule has 1 amide bonds. The average molecular weight is 415 g/mol. The van der Waals surface area contributed by atoms with Crippen LogP contribution in [0.2, 0.25) is 5.02 Å². The lowest BCUT2D eigenvalue weighted by Gasteiger charge is -2.25. The molecule has 1 fully saturated rings. The van der Waals surface area contributed by atoms with Crippen molar-refractivity contribution in [3.05, 3.63) is 27.2 Å². The fraction of sp³-hybridized carbons (Fsp3) is 0.375. The molecule has 8 heteroatoms. The summed E-state index contributed by atoms with van der Waals surface area (Å²) in [6.07, 6.45) is 6.68. The number of nitrogens with zero attached hydrogens (tertiary/aromatic N) is 2. The van der Waals surface area contributed by atoms with Crippen molar-refractivity contribution in [2.75, 3.05) is 39.5 Å². The maximum absolute atomic E-state index is 11.8. The summed E-state index contributed by atoms with van der Waals surface area (Å²) in [7, 11) is 0. The Hall–Kier alpha value is -1.59. The normalized spacial score (nSPS) is 15.2. The van der Waals surface area contributed by atoms with Crippen molar-refractivity contribution < 1.29 is 14.3 Å². The molecule has 1 aliphatic heterocycles. The minimum absolute atomic E-state index is 0.128. The molecule has 0 atom stereocenters. The first-order chi connectivity index (χ1) is 11.6. The average Bonchev–Trinajstić information content (AvgIpc) is 2.55. The highest BCUT2D eigenvalue weighted by atomic mass is 79.9. The maximum Gasteiger partial charge on any atom is 0.254 e. The molecule has 1 aromatic rings. The SMILES string of the molecule is C#CCOc1c(Cl)cc(/C=N/NC(=O)CN2CCOCC2)cc1Br. The third kappa shape index (κ3) is 5.80. The van der Waals surface area contributed by atoms with E-state index in [1.165, 1.54) is 6.21 Å². The Balaban J connectivity index is 1.89. The van der Waals surface area contributed by atoms with Gasteiger partial charge in [0.2, 0.25) is 0 Å². The Kier molecular flexibility index (Phi) is 7.53. The molecule has 128 valence electrons. The van der Waals surface area contributed by atoms with E-state index in [1.54, 1.807) is 12.1 Å². The highest BCUT2D eigenvalue weighted by Crippen LogP contribution is 2.34. The van der Waals surface area contributed by atoms with Crippen molar-refractivity contribution in [2.24, 2.45) is 5.10 Å². The molecule has 24 heavy (non-hydrogen) atoms. The Morgan fingerprint density at radius 2 is 2.29 bits per heavy atom. The van der Waals surface area contributed by atoms with E-state index in [1.807, 2.05) is 4.90 Å². The van der Waals surface area contributed by atoms with Crippen molar-refractivity contribution in [1.82, 2.24) is 10.3 Å². The van der Waals surface area contributed by atoms with Gasteiger partial charge in [-0.15, -0.1) is 6.42 Å². The molecular formula is C16H17BrClN3O3. The Bertz CT molecular complexity index is 631. The smallest absolute Gasteiger partial charge is 0.254 e. The largest absolute Gasteiger partial charge is 0.478 e. The number of ether oxygens (including phenoxy) is 2. The van der Waals surface area contributed by atoms with E-state index in [0.29, 0.717) is 40.6 Å². The molecule has 2 rings (SSSR count). The molecule has 1 heterocycles. The number of hydrogen-bond donors (Lipinski definition) is 1. The van der Waals surface area contributed by atoms with E-state index in [4.69, 9.17) is 27.5 Å². The Labute approximate surface area is 154 Å². The Morgan fingerprint density at radius 1 is 1.54 bits per heavy atom. The molecule has 1 aliphatic rings. The first-order valence-corrected chi connectivity index (χ1v) is 8.44. The van der Waals surface area contributed by atoms with E-state index in [0.717, 1.165) is 13.1 Å². The number of nitrogens with one attached hydrogen (secondary N) is 1. The van der Waals surface area contributed by atoms with Crippen molar-refractivity contribution in [1.29, 1.82) is 0 Å². The van der Waals surface area contributed by atoms with Crippen LogP contribution in [0.1, 0.15) is 5.56 Å². The molecule has 0 spiro atoms. The molecule has 1 saturated heterocycles. The lowest BCUT2D eigenvalue weighted by molar-refractivity contribution is -0.123. The van der Waals surface area contributed by atoms with Crippen LogP contribution in [0.25, 0.3) is 0 Å². The van der Waals surface area contributed by atoms with E-state index in [-0.39, 0.29) is 12.5 Å². The fourth-order valence-electron chi connectivity index (χ4n) is 2.08. The van der Waals surface area contributed by atoms with Crippen LogP contribution in [0.5, 0.6) is 5.75 Å². The minimum atomic E-state index is -0.174. The number of carbonyl (C=O) groups is 1. The molecule has 0 radical (unpaired) electrons. The van der Waals surface area contributed by atoms with E-state index in [2.05, 4.69) is 32.4 Å². The summed E-state index contributed by atoms with van der Waals surface area (Å²) in [4.78, 5) is 13.8. The molecule has 1 N–H and O–H groups in total. The van der Waals surface area contributed by atoms with Crippen molar-refractivity contribution >= 4 is 39.7 Å². The zero-order valence-electron chi connectivity index (χ0n) is 12.9. The Morgan fingerprint density at radius 3 is 2.96 bits per heavy atom. The zero-order chi connectivity index (χ0) is 17.4. The number of halogens is 2. The second kappa shape index (κ2) is 9.64. The number of terminal acetylenes is 1. The lowest BCUT2D eigenvalue weighted by Crippen LogP contribution is -2.42. The van der Waals surface area contributed by atoms with Crippen LogP contribution in [-0.4, -0.2) is 56.5 Å². The first kappa shape index (κ1) is 18.7. The van der Waals surface area contributed by atoms with Gasteiger partial charge in [0.25, 0.3) is 5.91 Å². The standard InChI is InChI=1S/C16H17BrClN3O3/c1-2-5-24-16-13(17)8-12(9-14(16)18)10-19-20-15(22)11-21-3-6-23-7-4-21/h1,8-10H,3-7,11H2,(H,20,22)/b19-10+. The quantitative estimate of drug-likeness (QED) is 0.439. The van der Waals surface area contributed by atoms with Crippen LogP contribution in [0.3, 0.4) is 0 Å². The van der Waals surface area contributed by atoms with Crippen LogP contribution in [-0.2, 0) is 9.53 Å². The number of rotatable bonds is 6. The zero-order valence-corrected chi connectivity index (χ0v) is 15.3. The van der Waals surface area contributed by atoms with Crippen molar-refractivity contribution in [2.45, 2.75) is 0 Å². The van der Waals surface area contributed by atoms with Crippen LogP contribution in [0.15, 0.2) is 21.7 Å². The van der Waals surface area contributed by atoms with E-state index < -0.39 is 0 Å². The van der Waals surface area contributed by atoms with Gasteiger partial charge in [-0.1, -0.05) is 17.5 Å². The molecule has 0 unspecified atom stereocenters. The van der Waals surface area contributed by atoms with E-state index in [9.17, 15) is 4.79 Å². The number of morpholine rings is 1. The summed E-state index contributed by atoms with van der Waals surface area (Å²) in [6.45, 7) is 3.22. The summed E-state index contributed by atoms with van der Waals surface area (Å²) in [5, 5.41) is 4.35. The number of amides is 1. The number of carbonyl (C=O) groups excluding carboxylic acids is 1. The van der Waals surface area contributed by atoms with E-state index >= 15 is 0 Å². The summed E-state index contributed by atoms with van der Waals surface area (Å²) < 4.78 is 11.2. The minimum Gasteiger partial charge on any atom is -0.478 e. The van der Waals surface area contributed by atoms with Crippen LogP contribution in [0.4, 0.5) is 0 Å². The fourth-order valence-corrected chi connectivity index (χ4v) is 3.07. The predicted octanol–water partition coefficient (Wildman–Crippen LogP) is 1.90. The van der Waals surface area contributed by atoms with Gasteiger partial charge >= 0.3 is 0 Å². The lowest BCUT2D eigenvalue weighted by atomic mass is 10.2.